The highest BCUT2D eigenvalue weighted by atomic mass is 16.6. The molecule has 5 nitrogen and oxygen atoms in total. The maximum Gasteiger partial charge on any atom is 0.408 e. The second-order valence-electron chi connectivity index (χ2n) is 5.66. The summed E-state index contributed by atoms with van der Waals surface area (Å²) in [4.78, 5) is 25.5. The second kappa shape index (κ2) is 6.46. The molecule has 106 valence electrons. The number of nitrogens with one attached hydrogen (secondary N) is 1. The van der Waals surface area contributed by atoms with Crippen molar-refractivity contribution in [1.29, 1.82) is 0 Å². The van der Waals surface area contributed by atoms with Crippen LogP contribution in [0.4, 0.5) is 4.79 Å². The van der Waals surface area contributed by atoms with Crippen LogP contribution < -0.4 is 5.32 Å². The lowest BCUT2D eigenvalue weighted by atomic mass is 10.1. The van der Waals surface area contributed by atoms with Crippen LogP contribution in [0, 0.1) is 12.3 Å². The maximum atomic E-state index is 12.2. The summed E-state index contributed by atoms with van der Waals surface area (Å²) in [5.41, 5.74) is -0.573. The summed E-state index contributed by atoms with van der Waals surface area (Å²) >= 11 is 0. The zero-order chi connectivity index (χ0) is 14.5. The summed E-state index contributed by atoms with van der Waals surface area (Å²) in [6, 6.07) is -0.536. The van der Waals surface area contributed by atoms with Gasteiger partial charge in [-0.05, 0) is 40.0 Å². The smallest absolute Gasteiger partial charge is 0.408 e. The van der Waals surface area contributed by atoms with E-state index in [0.717, 1.165) is 12.8 Å². The number of likely N-dealkylation sites (tertiary alicyclic amines) is 1. The number of alkyl carbamates (subject to hydrolysis) is 1. The van der Waals surface area contributed by atoms with Crippen molar-refractivity contribution in [3.05, 3.63) is 0 Å². The molecular formula is C14H22N2O3. The zero-order valence-electron chi connectivity index (χ0n) is 11.9. The van der Waals surface area contributed by atoms with E-state index in [1.165, 1.54) is 0 Å². The molecule has 1 atom stereocenters. The average Bonchev–Trinajstić information content (AvgIpc) is 2.42. The molecule has 0 aromatic heterocycles. The van der Waals surface area contributed by atoms with Crippen LogP contribution in [0.2, 0.25) is 0 Å². The van der Waals surface area contributed by atoms with E-state index in [9.17, 15) is 9.59 Å². The molecule has 0 aliphatic carbocycles. The minimum atomic E-state index is -0.573. The lowest BCUT2D eigenvalue weighted by Gasteiger charge is -2.25. The number of carbonyl (C=O) groups is 2. The van der Waals surface area contributed by atoms with E-state index in [0.29, 0.717) is 13.0 Å². The fourth-order valence-corrected chi connectivity index (χ4v) is 1.96. The molecule has 5 heteroatoms. The lowest BCUT2D eigenvalue weighted by Crippen LogP contribution is -2.48. The number of amides is 2. The molecule has 1 rings (SSSR count). The summed E-state index contributed by atoms with van der Waals surface area (Å²) in [7, 11) is 0. The van der Waals surface area contributed by atoms with E-state index in [1.807, 2.05) is 0 Å². The highest BCUT2D eigenvalue weighted by Crippen LogP contribution is 2.13. The third-order valence-corrected chi connectivity index (χ3v) is 2.75. The Labute approximate surface area is 114 Å². The number of ether oxygens (including phenoxy) is 1. The van der Waals surface area contributed by atoms with E-state index < -0.39 is 17.7 Å². The van der Waals surface area contributed by atoms with Crippen LogP contribution >= 0.6 is 0 Å². The van der Waals surface area contributed by atoms with E-state index in [2.05, 4.69) is 11.2 Å². The summed E-state index contributed by atoms with van der Waals surface area (Å²) in [5, 5.41) is 2.63. The summed E-state index contributed by atoms with van der Waals surface area (Å²) in [6.45, 7) is 6.28. The van der Waals surface area contributed by atoms with Gasteiger partial charge < -0.3 is 15.0 Å². The number of hydrogen-bond acceptors (Lipinski definition) is 3. The summed E-state index contributed by atoms with van der Waals surface area (Å²) in [5.74, 6) is 2.35. The Bertz CT molecular complexity index is 379. The SMILES string of the molecule is C#CCN1CCCC[C@H](NC(=O)OC(C)(C)C)C1=O. The van der Waals surface area contributed by atoms with Crippen molar-refractivity contribution in [1.82, 2.24) is 10.2 Å². The third-order valence-electron chi connectivity index (χ3n) is 2.75. The summed E-state index contributed by atoms with van der Waals surface area (Å²) in [6.07, 6.45) is 7.09. The van der Waals surface area contributed by atoms with E-state index in [1.54, 1.807) is 25.7 Å². The van der Waals surface area contributed by atoms with Crippen LogP contribution in [0.1, 0.15) is 40.0 Å². The van der Waals surface area contributed by atoms with Crippen LogP contribution in [0.15, 0.2) is 0 Å². The van der Waals surface area contributed by atoms with Crippen molar-refractivity contribution in [2.24, 2.45) is 0 Å². The van der Waals surface area contributed by atoms with Gasteiger partial charge in [-0.2, -0.15) is 0 Å². The quantitative estimate of drug-likeness (QED) is 0.771. The first-order chi connectivity index (χ1) is 8.83. The number of terminal acetylenes is 1. The fourth-order valence-electron chi connectivity index (χ4n) is 1.96. The Balaban J connectivity index is 2.62. The molecule has 0 aromatic rings. The van der Waals surface area contributed by atoms with E-state index in [-0.39, 0.29) is 12.5 Å². The van der Waals surface area contributed by atoms with Gasteiger partial charge in [-0.1, -0.05) is 5.92 Å². The molecule has 1 aliphatic rings. The fraction of sp³-hybridized carbons (Fsp3) is 0.714. The van der Waals surface area contributed by atoms with Gasteiger partial charge in [0.1, 0.15) is 11.6 Å². The Morgan fingerprint density at radius 3 is 2.79 bits per heavy atom. The minimum Gasteiger partial charge on any atom is -0.444 e. The van der Waals surface area contributed by atoms with Crippen LogP contribution in [-0.4, -0.2) is 41.6 Å². The Kier molecular flexibility index (Phi) is 5.22. The van der Waals surface area contributed by atoms with Gasteiger partial charge in [-0.3, -0.25) is 4.79 Å². The van der Waals surface area contributed by atoms with Gasteiger partial charge in [0.2, 0.25) is 5.91 Å². The van der Waals surface area contributed by atoms with Crippen LogP contribution in [0.3, 0.4) is 0 Å². The van der Waals surface area contributed by atoms with Crippen LogP contribution in [-0.2, 0) is 9.53 Å². The molecule has 0 aromatic carbocycles. The first kappa shape index (κ1) is 15.4. The molecular weight excluding hydrogens is 244 g/mol. The number of carbonyl (C=O) groups excluding carboxylic acids is 2. The van der Waals surface area contributed by atoms with Crippen molar-refractivity contribution in [3.8, 4) is 12.3 Å². The molecule has 0 spiro atoms. The van der Waals surface area contributed by atoms with Gasteiger partial charge in [0.15, 0.2) is 0 Å². The first-order valence-electron chi connectivity index (χ1n) is 6.55. The molecule has 1 N–H and O–H groups in total. The molecule has 0 bridgehead atoms. The Morgan fingerprint density at radius 1 is 1.53 bits per heavy atom. The first-order valence-corrected chi connectivity index (χ1v) is 6.55. The van der Waals surface area contributed by atoms with Crippen LogP contribution in [0.25, 0.3) is 0 Å². The lowest BCUT2D eigenvalue weighted by molar-refractivity contribution is -0.132. The molecule has 19 heavy (non-hydrogen) atoms. The largest absolute Gasteiger partial charge is 0.444 e. The van der Waals surface area contributed by atoms with Crippen molar-refractivity contribution in [2.75, 3.05) is 13.1 Å². The molecule has 1 heterocycles. The topological polar surface area (TPSA) is 58.6 Å². The van der Waals surface area contributed by atoms with Gasteiger partial charge in [0, 0.05) is 6.54 Å². The van der Waals surface area contributed by atoms with Gasteiger partial charge in [0.05, 0.1) is 6.54 Å². The second-order valence-corrected chi connectivity index (χ2v) is 5.66. The van der Waals surface area contributed by atoms with E-state index >= 15 is 0 Å². The number of nitrogens with zero attached hydrogens (tertiary/aromatic N) is 1. The van der Waals surface area contributed by atoms with Crippen molar-refractivity contribution in [3.63, 3.8) is 0 Å². The van der Waals surface area contributed by atoms with Gasteiger partial charge in [-0.25, -0.2) is 4.79 Å². The average molecular weight is 266 g/mol. The third kappa shape index (κ3) is 5.21. The number of rotatable bonds is 2. The van der Waals surface area contributed by atoms with Gasteiger partial charge >= 0.3 is 6.09 Å². The minimum absolute atomic E-state index is 0.124. The van der Waals surface area contributed by atoms with Crippen molar-refractivity contribution in [2.45, 2.75) is 51.7 Å². The monoisotopic (exact) mass is 266 g/mol. The highest BCUT2D eigenvalue weighted by molar-refractivity contribution is 5.86. The van der Waals surface area contributed by atoms with Crippen LogP contribution in [0.5, 0.6) is 0 Å². The summed E-state index contributed by atoms with van der Waals surface area (Å²) < 4.78 is 5.16. The molecule has 1 fully saturated rings. The van der Waals surface area contributed by atoms with Gasteiger partial charge in [0.25, 0.3) is 0 Å². The number of hydrogen-bond donors (Lipinski definition) is 1. The van der Waals surface area contributed by atoms with Crippen molar-refractivity contribution < 1.29 is 14.3 Å². The Hall–Kier alpha value is -1.70. The van der Waals surface area contributed by atoms with E-state index in [4.69, 9.17) is 11.2 Å². The predicted molar refractivity (Wildman–Crippen MR) is 72.4 cm³/mol. The highest BCUT2D eigenvalue weighted by Gasteiger charge is 2.29. The molecule has 1 aliphatic heterocycles. The molecule has 1 saturated heterocycles. The predicted octanol–water partition coefficient (Wildman–Crippen LogP) is 1.53. The normalized spacial score (nSPS) is 20.4. The molecule has 2 amide bonds. The molecule has 0 unspecified atom stereocenters. The van der Waals surface area contributed by atoms with Gasteiger partial charge in [-0.15, -0.1) is 6.42 Å². The standard InChI is InChI=1S/C14H22N2O3/c1-5-9-16-10-7-6-8-11(12(16)17)15-13(18)19-14(2,3)4/h1,11H,6-10H2,2-4H3,(H,15,18)/t11-/m0/s1. The molecule has 0 saturated carbocycles. The maximum absolute atomic E-state index is 12.2. The van der Waals surface area contributed by atoms with Crippen molar-refractivity contribution >= 4 is 12.0 Å². The molecule has 0 radical (unpaired) electrons. The Morgan fingerprint density at radius 2 is 2.21 bits per heavy atom. The zero-order valence-corrected chi connectivity index (χ0v) is 11.9.